The van der Waals surface area contributed by atoms with Crippen LogP contribution in [-0.4, -0.2) is 34.5 Å². The lowest BCUT2D eigenvalue weighted by Gasteiger charge is -2.09. The quantitative estimate of drug-likeness (QED) is 0.693. The predicted octanol–water partition coefficient (Wildman–Crippen LogP) is 1.47. The van der Waals surface area contributed by atoms with Crippen LogP contribution in [0, 0.1) is 5.82 Å². The molecule has 0 aliphatic carbocycles. The molecular formula is C17H19FN2O4S. The lowest BCUT2D eigenvalue weighted by Crippen LogP contribution is -2.35. The number of halogens is 1. The Labute approximate surface area is 146 Å². The van der Waals surface area contributed by atoms with Gasteiger partial charge >= 0.3 is 0 Å². The summed E-state index contributed by atoms with van der Waals surface area (Å²) in [5, 5.41) is 2.61. The van der Waals surface area contributed by atoms with Crippen LogP contribution in [0.4, 0.5) is 4.39 Å². The molecule has 0 saturated heterocycles. The Morgan fingerprint density at radius 2 is 1.68 bits per heavy atom. The maximum atomic E-state index is 12.8. The molecule has 0 unspecified atom stereocenters. The average Bonchev–Trinajstić information content (AvgIpc) is 2.61. The number of hydrogen-bond donors (Lipinski definition) is 2. The second-order valence-corrected chi connectivity index (χ2v) is 6.99. The van der Waals surface area contributed by atoms with Crippen LogP contribution in [-0.2, 0) is 21.2 Å². The second kappa shape index (κ2) is 8.59. The summed E-state index contributed by atoms with van der Waals surface area (Å²) in [6, 6.07) is 11.6. The molecule has 8 heteroatoms. The number of rotatable bonds is 8. The number of nitrogens with one attached hydrogen (secondary N) is 2. The highest BCUT2D eigenvalue weighted by molar-refractivity contribution is 7.89. The molecule has 6 nitrogen and oxygen atoms in total. The van der Waals surface area contributed by atoms with Gasteiger partial charge in [0.25, 0.3) is 0 Å². The smallest absolute Gasteiger partial charge is 0.240 e. The van der Waals surface area contributed by atoms with Gasteiger partial charge in [0.05, 0.1) is 18.4 Å². The summed E-state index contributed by atoms with van der Waals surface area (Å²) in [5.41, 5.74) is 0.678. The van der Waals surface area contributed by atoms with Crippen molar-refractivity contribution in [2.75, 3.05) is 20.2 Å². The normalized spacial score (nSPS) is 11.1. The summed E-state index contributed by atoms with van der Waals surface area (Å²) < 4.78 is 44.4. The molecule has 0 saturated carbocycles. The minimum Gasteiger partial charge on any atom is -0.497 e. The fourth-order valence-electron chi connectivity index (χ4n) is 2.08. The first kappa shape index (κ1) is 18.9. The van der Waals surface area contributed by atoms with Gasteiger partial charge < -0.3 is 10.1 Å². The summed E-state index contributed by atoms with van der Waals surface area (Å²) in [4.78, 5) is 11.9. The predicted molar refractivity (Wildman–Crippen MR) is 91.3 cm³/mol. The number of ether oxygens (including phenoxy) is 1. The van der Waals surface area contributed by atoms with Crippen LogP contribution in [0.25, 0.3) is 0 Å². The summed E-state index contributed by atoms with van der Waals surface area (Å²) in [6.07, 6.45) is 0.103. The number of benzene rings is 2. The standard InChI is InChI=1S/C17H19FN2O4S/c1-24-15-6-8-16(9-7-15)25(22,23)20-11-10-19-17(21)12-13-2-4-14(18)5-3-13/h2-9,20H,10-12H2,1H3,(H,19,21). The number of hydrogen-bond acceptors (Lipinski definition) is 4. The molecule has 2 N–H and O–H groups in total. The second-order valence-electron chi connectivity index (χ2n) is 5.23. The van der Waals surface area contributed by atoms with Crippen molar-refractivity contribution in [3.8, 4) is 5.75 Å². The Hall–Kier alpha value is -2.45. The molecule has 2 aromatic rings. The topological polar surface area (TPSA) is 84.5 Å². The van der Waals surface area contributed by atoms with Crippen LogP contribution in [0.1, 0.15) is 5.56 Å². The Kier molecular flexibility index (Phi) is 6.49. The molecule has 0 aromatic heterocycles. The van der Waals surface area contributed by atoms with E-state index in [0.29, 0.717) is 11.3 Å². The molecule has 2 aromatic carbocycles. The van der Waals surface area contributed by atoms with Crippen LogP contribution >= 0.6 is 0 Å². The van der Waals surface area contributed by atoms with Crippen molar-refractivity contribution in [1.82, 2.24) is 10.0 Å². The molecule has 134 valence electrons. The van der Waals surface area contributed by atoms with Gasteiger partial charge in [0.1, 0.15) is 11.6 Å². The summed E-state index contributed by atoms with van der Waals surface area (Å²) in [7, 11) is -2.15. The molecule has 0 radical (unpaired) electrons. The number of methoxy groups -OCH3 is 1. The zero-order valence-corrected chi connectivity index (χ0v) is 14.5. The monoisotopic (exact) mass is 366 g/mol. The van der Waals surface area contributed by atoms with E-state index in [-0.39, 0.29) is 36.1 Å². The largest absolute Gasteiger partial charge is 0.497 e. The van der Waals surface area contributed by atoms with Gasteiger partial charge in [0, 0.05) is 13.1 Å². The number of carbonyl (C=O) groups is 1. The van der Waals surface area contributed by atoms with Gasteiger partial charge in [-0.2, -0.15) is 0 Å². The van der Waals surface area contributed by atoms with Gasteiger partial charge in [0.2, 0.25) is 15.9 Å². The highest BCUT2D eigenvalue weighted by Gasteiger charge is 2.13. The first-order valence-corrected chi connectivity index (χ1v) is 9.04. The summed E-state index contributed by atoms with van der Waals surface area (Å²) >= 11 is 0. The Morgan fingerprint density at radius 1 is 1.04 bits per heavy atom. The molecule has 0 spiro atoms. The molecule has 1 amide bonds. The summed E-state index contributed by atoms with van der Waals surface area (Å²) in [5.74, 6) is -0.0700. The van der Waals surface area contributed by atoms with E-state index in [1.807, 2.05) is 0 Å². The maximum Gasteiger partial charge on any atom is 0.240 e. The van der Waals surface area contributed by atoms with Crippen molar-refractivity contribution in [1.29, 1.82) is 0 Å². The van der Waals surface area contributed by atoms with Crippen molar-refractivity contribution in [2.45, 2.75) is 11.3 Å². The third-order valence-electron chi connectivity index (χ3n) is 3.39. The van der Waals surface area contributed by atoms with Crippen molar-refractivity contribution < 1.29 is 22.3 Å². The highest BCUT2D eigenvalue weighted by atomic mass is 32.2. The molecule has 0 heterocycles. The van der Waals surface area contributed by atoms with Gasteiger partial charge in [-0.3, -0.25) is 4.79 Å². The van der Waals surface area contributed by atoms with Crippen molar-refractivity contribution in [3.05, 3.63) is 59.9 Å². The molecule has 0 aliphatic heterocycles. The van der Waals surface area contributed by atoms with Crippen LogP contribution in [0.3, 0.4) is 0 Å². The van der Waals surface area contributed by atoms with E-state index >= 15 is 0 Å². The minimum absolute atomic E-state index is 0.0590. The van der Waals surface area contributed by atoms with Crippen molar-refractivity contribution in [2.24, 2.45) is 0 Å². The molecule has 0 aliphatic rings. The first-order chi connectivity index (χ1) is 11.9. The highest BCUT2D eigenvalue weighted by Crippen LogP contribution is 2.14. The zero-order chi connectivity index (χ0) is 18.3. The van der Waals surface area contributed by atoms with Gasteiger partial charge in [-0.25, -0.2) is 17.5 Å². The lowest BCUT2D eigenvalue weighted by molar-refractivity contribution is -0.120. The number of sulfonamides is 1. The van der Waals surface area contributed by atoms with E-state index in [1.54, 1.807) is 12.1 Å². The first-order valence-electron chi connectivity index (χ1n) is 7.55. The third-order valence-corrected chi connectivity index (χ3v) is 4.86. The van der Waals surface area contributed by atoms with E-state index in [2.05, 4.69) is 10.0 Å². The van der Waals surface area contributed by atoms with Gasteiger partial charge in [0.15, 0.2) is 0 Å². The van der Waals surface area contributed by atoms with E-state index < -0.39 is 10.0 Å². The fraction of sp³-hybridized carbons (Fsp3) is 0.235. The third kappa shape index (κ3) is 5.84. The van der Waals surface area contributed by atoms with E-state index in [9.17, 15) is 17.6 Å². The lowest BCUT2D eigenvalue weighted by atomic mass is 10.1. The molecule has 0 atom stereocenters. The molecule has 0 fully saturated rings. The van der Waals surface area contributed by atoms with Gasteiger partial charge in [-0.15, -0.1) is 0 Å². The van der Waals surface area contributed by atoms with Crippen molar-refractivity contribution >= 4 is 15.9 Å². The zero-order valence-electron chi connectivity index (χ0n) is 13.7. The molecule has 0 bridgehead atoms. The summed E-state index contributed by atoms with van der Waals surface area (Å²) in [6.45, 7) is 0.207. The van der Waals surface area contributed by atoms with Gasteiger partial charge in [-0.05, 0) is 42.0 Å². The minimum atomic E-state index is -3.65. The number of amides is 1. The van der Waals surface area contributed by atoms with E-state index in [0.717, 1.165) is 0 Å². The van der Waals surface area contributed by atoms with E-state index in [1.165, 1.54) is 43.5 Å². The van der Waals surface area contributed by atoms with Crippen molar-refractivity contribution in [3.63, 3.8) is 0 Å². The Morgan fingerprint density at radius 3 is 2.28 bits per heavy atom. The van der Waals surface area contributed by atoms with Crippen LogP contribution < -0.4 is 14.8 Å². The fourth-order valence-corrected chi connectivity index (χ4v) is 3.11. The van der Waals surface area contributed by atoms with E-state index in [4.69, 9.17) is 4.74 Å². The van der Waals surface area contributed by atoms with Crippen LogP contribution in [0.15, 0.2) is 53.4 Å². The molecule has 2 rings (SSSR count). The van der Waals surface area contributed by atoms with Gasteiger partial charge in [-0.1, -0.05) is 12.1 Å². The SMILES string of the molecule is COc1ccc(S(=O)(=O)NCCNC(=O)Cc2ccc(F)cc2)cc1. The number of carbonyl (C=O) groups excluding carboxylic acids is 1. The molecule has 25 heavy (non-hydrogen) atoms. The maximum absolute atomic E-state index is 12.8. The van der Waals surface area contributed by atoms with Crippen LogP contribution in [0.2, 0.25) is 0 Å². The Bertz CT molecular complexity index is 806. The average molecular weight is 366 g/mol. The van der Waals surface area contributed by atoms with Crippen LogP contribution in [0.5, 0.6) is 5.75 Å². The Balaban J connectivity index is 1.77. The molecular weight excluding hydrogens is 347 g/mol.